The van der Waals surface area contributed by atoms with Gasteiger partial charge in [-0.05, 0) is 6.42 Å². The molecule has 12 heavy (non-hydrogen) atoms. The highest BCUT2D eigenvalue weighted by molar-refractivity contribution is 7.87. The van der Waals surface area contributed by atoms with Crippen molar-refractivity contribution in [2.75, 3.05) is 20.6 Å². The van der Waals surface area contributed by atoms with Crippen molar-refractivity contribution in [2.24, 2.45) is 0 Å². The second-order valence-electron chi connectivity index (χ2n) is 2.64. The molecule has 0 saturated heterocycles. The molecule has 6 heteroatoms. The average molecular weight is 215 g/mol. The molecule has 0 heterocycles. The van der Waals surface area contributed by atoms with Gasteiger partial charge in [0.1, 0.15) is 0 Å². The maximum absolute atomic E-state index is 11.1. The van der Waals surface area contributed by atoms with Crippen molar-refractivity contribution in [3.8, 4) is 0 Å². The van der Waals surface area contributed by atoms with Crippen molar-refractivity contribution < 1.29 is 8.42 Å². The summed E-state index contributed by atoms with van der Waals surface area (Å²) in [5.74, 6) is 0. The Morgan fingerprint density at radius 2 is 2.00 bits per heavy atom. The third-order valence-corrected chi connectivity index (χ3v) is 3.37. The molecule has 74 valence electrons. The number of halogens is 1. The van der Waals surface area contributed by atoms with Crippen molar-refractivity contribution in [3.05, 3.63) is 0 Å². The normalized spacial score (nSPS) is 15.1. The molecule has 0 amide bonds. The predicted molar refractivity (Wildman–Crippen MR) is 50.5 cm³/mol. The zero-order valence-corrected chi connectivity index (χ0v) is 9.11. The first kappa shape index (κ1) is 12.2. The molecule has 0 aliphatic carbocycles. The number of hydrogen-bond acceptors (Lipinski definition) is 2. The molecule has 0 bridgehead atoms. The topological polar surface area (TPSA) is 49.4 Å². The van der Waals surface area contributed by atoms with Crippen molar-refractivity contribution in [3.63, 3.8) is 0 Å². The van der Waals surface area contributed by atoms with Crippen LogP contribution in [0.1, 0.15) is 13.3 Å². The molecule has 4 nitrogen and oxygen atoms in total. The number of hydrogen-bond donors (Lipinski definition) is 1. The van der Waals surface area contributed by atoms with Gasteiger partial charge in [0, 0.05) is 26.0 Å². The zero-order chi connectivity index (χ0) is 9.78. The van der Waals surface area contributed by atoms with E-state index in [9.17, 15) is 8.42 Å². The van der Waals surface area contributed by atoms with E-state index < -0.39 is 10.2 Å². The molecule has 0 aromatic carbocycles. The monoisotopic (exact) mass is 214 g/mol. The van der Waals surface area contributed by atoms with Crippen LogP contribution in [0, 0.1) is 0 Å². The van der Waals surface area contributed by atoms with E-state index in [1.807, 2.05) is 6.92 Å². The van der Waals surface area contributed by atoms with Gasteiger partial charge in [-0.2, -0.15) is 12.7 Å². The minimum atomic E-state index is -3.30. The molecule has 0 aliphatic heterocycles. The van der Waals surface area contributed by atoms with Gasteiger partial charge in [-0.15, -0.1) is 11.6 Å². The Morgan fingerprint density at radius 3 is 2.33 bits per heavy atom. The van der Waals surface area contributed by atoms with Gasteiger partial charge in [0.05, 0.1) is 0 Å². The highest BCUT2D eigenvalue weighted by Gasteiger charge is 2.13. The predicted octanol–water partition coefficient (Wildman–Crippen LogP) is 0.400. The van der Waals surface area contributed by atoms with Gasteiger partial charge in [-0.3, -0.25) is 0 Å². The number of nitrogens with one attached hydrogen (secondary N) is 1. The Bertz CT molecular complexity index is 216. The van der Waals surface area contributed by atoms with E-state index in [-0.39, 0.29) is 11.9 Å². The summed E-state index contributed by atoms with van der Waals surface area (Å²) >= 11 is 5.73. The summed E-state index contributed by atoms with van der Waals surface area (Å²) < 4.78 is 25.7. The minimum Gasteiger partial charge on any atom is -0.201 e. The molecule has 1 unspecified atom stereocenters. The summed E-state index contributed by atoms with van der Waals surface area (Å²) in [7, 11) is -0.365. The first-order chi connectivity index (χ1) is 5.40. The molecular formula is C6H15ClN2O2S. The van der Waals surface area contributed by atoms with Gasteiger partial charge in [0.15, 0.2) is 0 Å². The van der Waals surface area contributed by atoms with E-state index in [0.29, 0.717) is 0 Å². The first-order valence-corrected chi connectivity index (χ1v) is 5.59. The van der Waals surface area contributed by atoms with Crippen LogP contribution in [-0.2, 0) is 10.2 Å². The second-order valence-corrected chi connectivity index (χ2v) is 5.23. The van der Waals surface area contributed by atoms with E-state index in [0.717, 1.165) is 10.7 Å². The van der Waals surface area contributed by atoms with Gasteiger partial charge in [0.2, 0.25) is 0 Å². The standard InChI is InChI=1S/C6H15ClN2O2S/c1-4-6(7)5-8-12(10,11)9(2)3/h6,8H,4-5H2,1-3H3. The Balaban J connectivity index is 3.94. The van der Waals surface area contributed by atoms with Gasteiger partial charge >= 0.3 is 0 Å². The molecule has 0 spiro atoms. The second kappa shape index (κ2) is 5.01. The highest BCUT2D eigenvalue weighted by atomic mass is 35.5. The van der Waals surface area contributed by atoms with Crippen molar-refractivity contribution in [1.29, 1.82) is 0 Å². The Labute approximate surface area is 79.1 Å². The van der Waals surface area contributed by atoms with Gasteiger partial charge in [-0.25, -0.2) is 4.72 Å². The summed E-state index contributed by atoms with van der Waals surface area (Å²) in [6, 6.07) is 0. The van der Waals surface area contributed by atoms with Crippen LogP contribution >= 0.6 is 11.6 Å². The highest BCUT2D eigenvalue weighted by Crippen LogP contribution is 1.99. The lowest BCUT2D eigenvalue weighted by molar-refractivity contribution is 0.504. The molecule has 0 fully saturated rings. The van der Waals surface area contributed by atoms with E-state index in [2.05, 4.69) is 4.72 Å². The fourth-order valence-electron chi connectivity index (χ4n) is 0.469. The summed E-state index contributed by atoms with van der Waals surface area (Å²) in [6.07, 6.45) is 0.748. The Morgan fingerprint density at radius 1 is 1.50 bits per heavy atom. The molecule has 0 rings (SSSR count). The van der Waals surface area contributed by atoms with Crippen LogP contribution in [0.3, 0.4) is 0 Å². The largest absolute Gasteiger partial charge is 0.278 e. The van der Waals surface area contributed by atoms with Gasteiger partial charge in [-0.1, -0.05) is 6.92 Å². The van der Waals surface area contributed by atoms with Crippen LogP contribution in [0.15, 0.2) is 0 Å². The smallest absolute Gasteiger partial charge is 0.201 e. The maximum atomic E-state index is 11.1. The van der Waals surface area contributed by atoms with E-state index in [1.54, 1.807) is 0 Å². The third-order valence-electron chi connectivity index (χ3n) is 1.41. The van der Waals surface area contributed by atoms with Gasteiger partial charge < -0.3 is 0 Å². The zero-order valence-electron chi connectivity index (χ0n) is 7.54. The molecule has 1 atom stereocenters. The van der Waals surface area contributed by atoms with Crippen molar-refractivity contribution >= 4 is 21.8 Å². The number of alkyl halides is 1. The quantitative estimate of drug-likeness (QED) is 0.674. The Hall–Kier alpha value is 0.160. The van der Waals surface area contributed by atoms with Crippen LogP contribution in [-0.4, -0.2) is 38.7 Å². The van der Waals surface area contributed by atoms with Crippen LogP contribution in [0.25, 0.3) is 0 Å². The van der Waals surface area contributed by atoms with Crippen molar-refractivity contribution in [2.45, 2.75) is 18.7 Å². The van der Waals surface area contributed by atoms with Crippen LogP contribution < -0.4 is 4.72 Å². The molecule has 0 saturated carbocycles. The summed E-state index contributed by atoms with van der Waals surface area (Å²) in [6.45, 7) is 2.18. The first-order valence-electron chi connectivity index (χ1n) is 3.71. The molecular weight excluding hydrogens is 200 g/mol. The van der Waals surface area contributed by atoms with Crippen LogP contribution in [0.5, 0.6) is 0 Å². The van der Waals surface area contributed by atoms with Crippen molar-refractivity contribution in [1.82, 2.24) is 9.03 Å². The van der Waals surface area contributed by atoms with Crippen LogP contribution in [0.4, 0.5) is 0 Å². The number of nitrogens with zero attached hydrogens (tertiary/aromatic N) is 1. The van der Waals surface area contributed by atoms with Gasteiger partial charge in [0.25, 0.3) is 10.2 Å². The molecule has 0 aliphatic rings. The fourth-order valence-corrected chi connectivity index (χ4v) is 1.31. The SMILES string of the molecule is CCC(Cl)CNS(=O)(=O)N(C)C. The maximum Gasteiger partial charge on any atom is 0.278 e. The van der Waals surface area contributed by atoms with Crippen LogP contribution in [0.2, 0.25) is 0 Å². The van der Waals surface area contributed by atoms with E-state index in [4.69, 9.17) is 11.6 Å². The summed E-state index contributed by atoms with van der Waals surface area (Å²) in [5, 5.41) is -0.139. The average Bonchev–Trinajstić information content (AvgIpc) is 2.00. The molecule has 0 aromatic heterocycles. The molecule has 0 radical (unpaired) electrons. The van der Waals surface area contributed by atoms with E-state index >= 15 is 0 Å². The Kier molecular flexibility index (Phi) is 5.08. The third kappa shape index (κ3) is 4.25. The molecule has 0 aromatic rings. The lowest BCUT2D eigenvalue weighted by atomic mass is 10.3. The fraction of sp³-hybridized carbons (Fsp3) is 1.00. The minimum absolute atomic E-state index is 0.139. The summed E-state index contributed by atoms with van der Waals surface area (Å²) in [5.41, 5.74) is 0. The lowest BCUT2D eigenvalue weighted by Gasteiger charge is -2.13. The number of rotatable bonds is 5. The lowest BCUT2D eigenvalue weighted by Crippen LogP contribution is -2.38. The summed E-state index contributed by atoms with van der Waals surface area (Å²) in [4.78, 5) is 0. The molecule has 1 N–H and O–H groups in total. The van der Waals surface area contributed by atoms with E-state index in [1.165, 1.54) is 14.1 Å².